The largest absolute Gasteiger partial charge is 0.394 e. The monoisotopic (exact) mass is 782 g/mol. The summed E-state index contributed by atoms with van der Waals surface area (Å²) in [6, 6.07) is -0.723. The van der Waals surface area contributed by atoms with Crippen molar-refractivity contribution in [2.24, 2.45) is 0 Å². The molecule has 7 atom stereocenters. The minimum atomic E-state index is -1.55. The van der Waals surface area contributed by atoms with E-state index in [1.54, 1.807) is 0 Å². The Bertz CT molecular complexity index is 914. The second kappa shape index (κ2) is 37.0. The smallest absolute Gasteiger partial charge is 0.220 e. The summed E-state index contributed by atoms with van der Waals surface area (Å²) in [6.07, 6.45) is 36.1. The van der Waals surface area contributed by atoms with Gasteiger partial charge < -0.3 is 40.3 Å². The minimum absolute atomic E-state index is 0.142. The van der Waals surface area contributed by atoms with Crippen molar-refractivity contribution in [3.05, 3.63) is 24.3 Å². The highest BCUT2D eigenvalue weighted by Gasteiger charge is 2.44. The van der Waals surface area contributed by atoms with Gasteiger partial charge in [-0.25, -0.2) is 0 Å². The third kappa shape index (κ3) is 27.9. The highest BCUT2D eigenvalue weighted by atomic mass is 16.7. The first-order chi connectivity index (χ1) is 26.8. The summed E-state index contributed by atoms with van der Waals surface area (Å²) in [5.74, 6) is -0.159. The number of rotatable bonds is 38. The third-order valence-corrected chi connectivity index (χ3v) is 11.0. The van der Waals surface area contributed by atoms with E-state index in [1.807, 2.05) is 0 Å². The van der Waals surface area contributed by atoms with Gasteiger partial charge in [-0.15, -0.1) is 0 Å². The zero-order valence-corrected chi connectivity index (χ0v) is 35.4. The molecule has 55 heavy (non-hydrogen) atoms. The van der Waals surface area contributed by atoms with Gasteiger partial charge >= 0.3 is 0 Å². The molecule has 0 aromatic rings. The Labute approximate surface area is 337 Å². The SMILES string of the molecule is CCC/C=C\C/C=C\CCCCCCCC(=O)NC(COC1OC(CO)C(O)C(O)C1O)C(O)CCCCCCCCCCCCCCCCCCCCC. The summed E-state index contributed by atoms with van der Waals surface area (Å²) in [5.41, 5.74) is 0. The van der Waals surface area contributed by atoms with E-state index < -0.39 is 49.5 Å². The Balaban J connectivity index is 2.32. The van der Waals surface area contributed by atoms with Crippen molar-refractivity contribution in [2.75, 3.05) is 13.2 Å². The Morgan fingerprint density at radius 3 is 1.64 bits per heavy atom. The first-order valence-corrected chi connectivity index (χ1v) is 23.0. The predicted octanol–water partition coefficient (Wildman–Crippen LogP) is 9.50. The number of nitrogens with one attached hydrogen (secondary N) is 1. The van der Waals surface area contributed by atoms with E-state index >= 15 is 0 Å². The zero-order valence-electron chi connectivity index (χ0n) is 35.4. The molecular formula is C46H87NO8. The minimum Gasteiger partial charge on any atom is -0.394 e. The maximum atomic E-state index is 12.9. The van der Waals surface area contributed by atoms with Gasteiger partial charge in [0.15, 0.2) is 6.29 Å². The lowest BCUT2D eigenvalue weighted by molar-refractivity contribution is -0.302. The molecule has 0 aromatic heterocycles. The molecule has 1 heterocycles. The van der Waals surface area contributed by atoms with Gasteiger partial charge in [0.2, 0.25) is 5.91 Å². The number of carbonyl (C=O) groups is 1. The lowest BCUT2D eigenvalue weighted by Gasteiger charge is -2.40. The molecule has 0 radical (unpaired) electrons. The van der Waals surface area contributed by atoms with Gasteiger partial charge in [-0.3, -0.25) is 4.79 Å². The van der Waals surface area contributed by atoms with Crippen LogP contribution in [0.25, 0.3) is 0 Å². The summed E-state index contributed by atoms with van der Waals surface area (Å²) in [7, 11) is 0. The van der Waals surface area contributed by atoms with Crippen LogP contribution in [0.2, 0.25) is 0 Å². The molecule has 1 aliphatic rings. The number of hydrogen-bond acceptors (Lipinski definition) is 8. The number of aliphatic hydroxyl groups is 5. The van der Waals surface area contributed by atoms with Crippen LogP contribution in [0, 0.1) is 0 Å². The molecule has 7 unspecified atom stereocenters. The van der Waals surface area contributed by atoms with Gasteiger partial charge in [0, 0.05) is 6.42 Å². The molecule has 0 aromatic carbocycles. The lowest BCUT2D eigenvalue weighted by Crippen LogP contribution is -2.60. The van der Waals surface area contributed by atoms with Gasteiger partial charge in [0.05, 0.1) is 25.4 Å². The van der Waals surface area contributed by atoms with E-state index in [0.717, 1.165) is 70.6 Å². The second-order valence-electron chi connectivity index (χ2n) is 16.2. The van der Waals surface area contributed by atoms with E-state index in [0.29, 0.717) is 12.8 Å². The highest BCUT2D eigenvalue weighted by Crippen LogP contribution is 2.23. The molecule has 1 aliphatic heterocycles. The van der Waals surface area contributed by atoms with Crippen LogP contribution in [0.5, 0.6) is 0 Å². The number of aliphatic hydroxyl groups excluding tert-OH is 5. The van der Waals surface area contributed by atoms with Crippen LogP contribution in [0.1, 0.15) is 206 Å². The molecule has 324 valence electrons. The molecule has 1 saturated heterocycles. The molecular weight excluding hydrogens is 695 g/mol. The van der Waals surface area contributed by atoms with Crippen LogP contribution in [-0.2, 0) is 14.3 Å². The molecule has 0 saturated carbocycles. The maximum Gasteiger partial charge on any atom is 0.220 e. The molecule has 9 heteroatoms. The predicted molar refractivity (Wildman–Crippen MR) is 226 cm³/mol. The molecule has 6 N–H and O–H groups in total. The van der Waals surface area contributed by atoms with Crippen LogP contribution < -0.4 is 5.32 Å². The quantitative estimate of drug-likeness (QED) is 0.0268. The zero-order chi connectivity index (χ0) is 40.2. The average molecular weight is 782 g/mol. The molecule has 1 amide bonds. The van der Waals surface area contributed by atoms with Crippen molar-refractivity contribution in [1.29, 1.82) is 0 Å². The van der Waals surface area contributed by atoms with Crippen molar-refractivity contribution < 1.29 is 39.8 Å². The summed E-state index contributed by atoms with van der Waals surface area (Å²) < 4.78 is 11.2. The Morgan fingerprint density at radius 2 is 1.11 bits per heavy atom. The topological polar surface area (TPSA) is 149 Å². The lowest BCUT2D eigenvalue weighted by atomic mass is 9.99. The number of hydrogen-bond donors (Lipinski definition) is 6. The van der Waals surface area contributed by atoms with Crippen LogP contribution in [0.4, 0.5) is 0 Å². The normalized spacial score (nSPS) is 21.5. The van der Waals surface area contributed by atoms with Gasteiger partial charge in [0.25, 0.3) is 0 Å². The van der Waals surface area contributed by atoms with Crippen LogP contribution in [0.3, 0.4) is 0 Å². The molecule has 1 rings (SSSR count). The Morgan fingerprint density at radius 1 is 0.618 bits per heavy atom. The van der Waals surface area contributed by atoms with E-state index in [4.69, 9.17) is 9.47 Å². The number of carbonyl (C=O) groups excluding carboxylic acids is 1. The van der Waals surface area contributed by atoms with Gasteiger partial charge in [0.1, 0.15) is 24.4 Å². The molecule has 0 spiro atoms. The van der Waals surface area contributed by atoms with E-state index in [9.17, 15) is 30.3 Å². The fourth-order valence-corrected chi connectivity index (χ4v) is 7.32. The van der Waals surface area contributed by atoms with Gasteiger partial charge in [-0.05, 0) is 38.5 Å². The van der Waals surface area contributed by atoms with Crippen molar-refractivity contribution in [1.82, 2.24) is 5.32 Å². The summed E-state index contributed by atoms with van der Waals surface area (Å²) in [4.78, 5) is 12.9. The number of allylic oxidation sites excluding steroid dienone is 4. The Hall–Kier alpha value is -1.33. The van der Waals surface area contributed by atoms with E-state index in [-0.39, 0.29) is 12.5 Å². The standard InChI is InChI=1S/C46H87NO8/c1-3-5-7-9-11-13-15-17-18-19-20-21-22-24-25-27-29-31-33-35-40(49)39(38-54-46-45(53)44(52)43(51)41(37-48)55-46)47-42(50)36-34-32-30-28-26-23-16-14-12-10-8-6-4-2/h8,10,14,16,39-41,43-46,48-49,51-53H,3-7,9,11-13,15,17-38H2,1-2H3,(H,47,50)/b10-8-,16-14-. The fraction of sp³-hybridized carbons (Fsp3) is 0.891. The first kappa shape index (κ1) is 51.7. The maximum absolute atomic E-state index is 12.9. The Kier molecular flexibility index (Phi) is 34.7. The van der Waals surface area contributed by atoms with Crippen LogP contribution in [-0.4, -0.2) is 87.5 Å². The van der Waals surface area contributed by atoms with Gasteiger partial charge in [-0.2, -0.15) is 0 Å². The average Bonchev–Trinajstić information content (AvgIpc) is 3.18. The summed E-state index contributed by atoms with van der Waals surface area (Å²) in [6.45, 7) is 3.76. The van der Waals surface area contributed by atoms with Gasteiger partial charge in [-0.1, -0.05) is 186 Å². The van der Waals surface area contributed by atoms with E-state index in [2.05, 4.69) is 43.5 Å². The van der Waals surface area contributed by atoms with E-state index in [1.165, 1.54) is 109 Å². The van der Waals surface area contributed by atoms with Crippen molar-refractivity contribution in [2.45, 2.75) is 249 Å². The molecule has 1 fully saturated rings. The summed E-state index contributed by atoms with van der Waals surface area (Å²) in [5, 5.41) is 54.3. The van der Waals surface area contributed by atoms with Crippen molar-refractivity contribution in [3.8, 4) is 0 Å². The first-order valence-electron chi connectivity index (χ1n) is 23.0. The molecule has 9 nitrogen and oxygen atoms in total. The number of amides is 1. The fourth-order valence-electron chi connectivity index (χ4n) is 7.32. The number of ether oxygens (including phenoxy) is 2. The highest BCUT2D eigenvalue weighted by molar-refractivity contribution is 5.76. The second-order valence-corrected chi connectivity index (χ2v) is 16.2. The summed E-state index contributed by atoms with van der Waals surface area (Å²) >= 11 is 0. The number of unbranched alkanes of at least 4 members (excludes halogenated alkanes) is 24. The molecule has 0 bridgehead atoms. The van der Waals surface area contributed by atoms with Crippen LogP contribution in [0.15, 0.2) is 24.3 Å². The van der Waals surface area contributed by atoms with Crippen molar-refractivity contribution >= 4 is 5.91 Å². The third-order valence-electron chi connectivity index (χ3n) is 11.0. The van der Waals surface area contributed by atoms with Crippen molar-refractivity contribution in [3.63, 3.8) is 0 Å². The molecule has 0 aliphatic carbocycles. The van der Waals surface area contributed by atoms with Crippen LogP contribution >= 0.6 is 0 Å².